The predicted octanol–water partition coefficient (Wildman–Crippen LogP) is 3.22. The molecule has 1 amide bonds. The number of aromatic nitrogens is 3. The van der Waals surface area contributed by atoms with Gasteiger partial charge in [-0.1, -0.05) is 31.7 Å². The highest BCUT2D eigenvalue weighted by Crippen LogP contribution is 2.32. The van der Waals surface area contributed by atoms with Crippen molar-refractivity contribution >= 4 is 21.6 Å². The molecule has 1 N–H and O–H groups in total. The van der Waals surface area contributed by atoms with E-state index in [1.165, 1.54) is 29.9 Å². The fraction of sp³-hybridized carbons (Fsp3) is 0.526. The van der Waals surface area contributed by atoms with Crippen LogP contribution in [0.25, 0.3) is 0 Å². The Bertz CT molecular complexity index is 871. The van der Waals surface area contributed by atoms with Gasteiger partial charge in [-0.15, -0.1) is 0 Å². The molecule has 0 bridgehead atoms. The second-order valence-corrected chi connectivity index (χ2v) is 9.86. The van der Waals surface area contributed by atoms with Crippen LogP contribution in [-0.4, -0.2) is 34.3 Å². The van der Waals surface area contributed by atoms with Crippen LogP contribution in [0.1, 0.15) is 52.0 Å². The molecule has 27 heavy (non-hydrogen) atoms. The lowest BCUT2D eigenvalue weighted by Crippen LogP contribution is -2.28. The lowest BCUT2D eigenvalue weighted by atomic mass is 9.98. The number of pyridine rings is 1. The molecule has 1 aliphatic rings. The van der Waals surface area contributed by atoms with Gasteiger partial charge >= 0.3 is 0 Å². The van der Waals surface area contributed by atoms with Gasteiger partial charge in [0.25, 0.3) is 0 Å². The second kappa shape index (κ2) is 8.21. The first kappa shape index (κ1) is 19.5. The maximum Gasteiger partial charge on any atom is 0.250 e. The zero-order valence-corrected chi connectivity index (χ0v) is 16.5. The molecule has 0 aliphatic heterocycles. The van der Waals surface area contributed by atoms with E-state index in [4.69, 9.17) is 0 Å². The van der Waals surface area contributed by atoms with E-state index >= 15 is 0 Å². The Hall–Kier alpha value is -2.22. The van der Waals surface area contributed by atoms with E-state index in [1.54, 1.807) is 38.2 Å². The molecule has 7 nitrogen and oxygen atoms in total. The Kier molecular flexibility index (Phi) is 5.94. The van der Waals surface area contributed by atoms with Crippen LogP contribution in [0.4, 0.5) is 5.82 Å². The van der Waals surface area contributed by atoms with E-state index in [9.17, 15) is 13.2 Å². The van der Waals surface area contributed by atoms with Gasteiger partial charge in [0.2, 0.25) is 5.91 Å². The smallest absolute Gasteiger partial charge is 0.250 e. The van der Waals surface area contributed by atoms with Gasteiger partial charge in [-0.25, -0.2) is 13.4 Å². The Morgan fingerprint density at radius 2 is 2.04 bits per heavy atom. The van der Waals surface area contributed by atoms with Crippen LogP contribution >= 0.6 is 0 Å². The number of amides is 1. The number of nitrogens with one attached hydrogen (secondary N) is 1. The summed E-state index contributed by atoms with van der Waals surface area (Å²) in [5.74, 6) is 0.692. The maximum absolute atomic E-state index is 12.9. The van der Waals surface area contributed by atoms with Gasteiger partial charge < -0.3 is 5.32 Å². The summed E-state index contributed by atoms with van der Waals surface area (Å²) >= 11 is 0. The molecule has 0 unspecified atom stereocenters. The van der Waals surface area contributed by atoms with Crippen LogP contribution in [0.15, 0.2) is 41.7 Å². The van der Waals surface area contributed by atoms with Crippen molar-refractivity contribution in [3.63, 3.8) is 0 Å². The molecule has 3 rings (SSSR count). The minimum atomic E-state index is -3.43. The van der Waals surface area contributed by atoms with E-state index in [0.717, 1.165) is 12.8 Å². The fourth-order valence-corrected chi connectivity index (χ4v) is 4.45. The van der Waals surface area contributed by atoms with E-state index in [2.05, 4.69) is 15.4 Å². The van der Waals surface area contributed by atoms with E-state index in [-0.39, 0.29) is 10.8 Å². The summed E-state index contributed by atoms with van der Waals surface area (Å²) in [5.41, 5.74) is 0. The maximum atomic E-state index is 12.9. The highest BCUT2D eigenvalue weighted by Gasteiger charge is 2.29. The summed E-state index contributed by atoms with van der Waals surface area (Å²) in [6.07, 6.45) is 9.59. The van der Waals surface area contributed by atoms with Crippen molar-refractivity contribution in [3.05, 3.63) is 36.8 Å². The third-order valence-electron chi connectivity index (χ3n) is 5.10. The number of hydrogen-bond donors (Lipinski definition) is 1. The van der Waals surface area contributed by atoms with Crippen molar-refractivity contribution in [2.45, 2.75) is 62.1 Å². The van der Waals surface area contributed by atoms with Gasteiger partial charge in [0, 0.05) is 12.4 Å². The zero-order valence-electron chi connectivity index (χ0n) is 15.7. The van der Waals surface area contributed by atoms with Crippen LogP contribution < -0.4 is 5.32 Å². The van der Waals surface area contributed by atoms with Crippen LogP contribution in [0.2, 0.25) is 0 Å². The van der Waals surface area contributed by atoms with E-state index in [1.807, 2.05) is 0 Å². The van der Waals surface area contributed by atoms with Crippen LogP contribution in [0.3, 0.4) is 0 Å². The summed E-state index contributed by atoms with van der Waals surface area (Å²) in [6, 6.07) is 4.74. The second-order valence-electron chi connectivity index (χ2n) is 7.36. The molecule has 2 aromatic heterocycles. The van der Waals surface area contributed by atoms with Gasteiger partial charge in [-0.2, -0.15) is 5.10 Å². The fourth-order valence-electron chi connectivity index (χ4n) is 3.45. The van der Waals surface area contributed by atoms with Gasteiger partial charge in [0.05, 0.1) is 11.4 Å². The summed E-state index contributed by atoms with van der Waals surface area (Å²) in [7, 11) is -3.43. The minimum Gasteiger partial charge on any atom is -0.309 e. The number of anilines is 1. The number of hydrogen-bond acceptors (Lipinski definition) is 5. The Morgan fingerprint density at radius 1 is 1.30 bits per heavy atom. The van der Waals surface area contributed by atoms with Crippen molar-refractivity contribution in [3.8, 4) is 0 Å². The lowest BCUT2D eigenvalue weighted by Gasteiger charge is -2.20. The van der Waals surface area contributed by atoms with Crippen molar-refractivity contribution < 1.29 is 13.2 Å². The monoisotopic (exact) mass is 390 g/mol. The van der Waals surface area contributed by atoms with Gasteiger partial charge in [-0.3, -0.25) is 9.48 Å². The standard InChI is InChI=1S/C19H26N4O3S/c1-14(2)27(25,26)16-12-21-23(13-16)17(11-15-7-3-4-8-15)19(24)22-18-9-5-6-10-20-18/h5-6,9-10,12-15,17H,3-4,7-8,11H2,1-2H3,(H,20,22,24)/t17-/m0/s1. The molecule has 8 heteroatoms. The third-order valence-corrected chi connectivity index (χ3v) is 7.21. The average molecular weight is 391 g/mol. The van der Waals surface area contributed by atoms with Crippen LogP contribution in [0.5, 0.6) is 0 Å². The van der Waals surface area contributed by atoms with E-state index < -0.39 is 21.1 Å². The van der Waals surface area contributed by atoms with Crippen molar-refractivity contribution in [1.82, 2.24) is 14.8 Å². The molecular weight excluding hydrogens is 364 g/mol. The lowest BCUT2D eigenvalue weighted by molar-refractivity contribution is -0.120. The largest absolute Gasteiger partial charge is 0.309 e. The molecule has 2 aromatic rings. The topological polar surface area (TPSA) is 94.0 Å². The molecule has 0 radical (unpaired) electrons. The highest BCUT2D eigenvalue weighted by atomic mass is 32.2. The Morgan fingerprint density at radius 3 is 2.67 bits per heavy atom. The third kappa shape index (κ3) is 4.55. The quantitative estimate of drug-likeness (QED) is 0.783. The Balaban J connectivity index is 1.85. The summed E-state index contributed by atoms with van der Waals surface area (Å²) in [4.78, 5) is 17.2. The molecule has 0 spiro atoms. The first-order chi connectivity index (χ1) is 12.9. The number of rotatable bonds is 7. The first-order valence-corrected chi connectivity index (χ1v) is 10.9. The Labute approximate surface area is 160 Å². The number of nitrogens with zero attached hydrogens (tertiary/aromatic N) is 3. The number of sulfone groups is 1. The van der Waals surface area contributed by atoms with Crippen molar-refractivity contribution in [2.24, 2.45) is 5.92 Å². The van der Waals surface area contributed by atoms with Crippen molar-refractivity contribution in [1.29, 1.82) is 0 Å². The van der Waals surface area contributed by atoms with E-state index in [0.29, 0.717) is 18.2 Å². The summed E-state index contributed by atoms with van der Waals surface area (Å²) in [6.45, 7) is 3.27. The molecular formula is C19H26N4O3S. The van der Waals surface area contributed by atoms with Gasteiger partial charge in [0.15, 0.2) is 9.84 Å². The van der Waals surface area contributed by atoms with Gasteiger partial charge in [-0.05, 0) is 38.3 Å². The highest BCUT2D eigenvalue weighted by molar-refractivity contribution is 7.92. The molecule has 2 heterocycles. The van der Waals surface area contributed by atoms with Crippen LogP contribution in [0, 0.1) is 5.92 Å². The minimum absolute atomic E-state index is 0.152. The number of carbonyl (C=O) groups is 1. The normalized spacial score (nSPS) is 16.6. The van der Waals surface area contributed by atoms with Crippen LogP contribution in [-0.2, 0) is 14.6 Å². The predicted molar refractivity (Wildman–Crippen MR) is 103 cm³/mol. The SMILES string of the molecule is CC(C)S(=O)(=O)c1cnn([C@@H](CC2CCCC2)C(=O)Nc2ccccn2)c1. The molecule has 1 fully saturated rings. The first-order valence-electron chi connectivity index (χ1n) is 9.38. The molecule has 0 saturated heterocycles. The summed E-state index contributed by atoms with van der Waals surface area (Å²) < 4.78 is 26.3. The molecule has 1 saturated carbocycles. The molecule has 146 valence electrons. The summed E-state index contributed by atoms with van der Waals surface area (Å²) in [5, 5.41) is 6.51. The molecule has 1 aliphatic carbocycles. The van der Waals surface area contributed by atoms with Gasteiger partial charge in [0.1, 0.15) is 16.8 Å². The van der Waals surface area contributed by atoms with Crippen molar-refractivity contribution in [2.75, 3.05) is 5.32 Å². The molecule has 1 atom stereocenters. The number of carbonyl (C=O) groups excluding carboxylic acids is 1. The zero-order chi connectivity index (χ0) is 19.4. The average Bonchev–Trinajstić information content (AvgIpc) is 3.32. The molecule has 0 aromatic carbocycles.